The van der Waals surface area contributed by atoms with E-state index in [0.29, 0.717) is 24.3 Å². The highest BCUT2D eigenvalue weighted by Gasteiger charge is 2.31. The number of nitrogens with two attached hydrogens (primary N) is 1. The number of nitrogen functional groups attached to an aromatic ring is 1. The van der Waals surface area contributed by atoms with Gasteiger partial charge < -0.3 is 15.8 Å². The molecule has 20 heavy (non-hydrogen) atoms. The summed E-state index contributed by atoms with van der Waals surface area (Å²) >= 11 is 0. The van der Waals surface area contributed by atoms with Crippen LogP contribution in [0.1, 0.15) is 23.2 Å². The molecule has 1 aliphatic heterocycles. The maximum absolute atomic E-state index is 12.1. The van der Waals surface area contributed by atoms with E-state index in [4.69, 9.17) is 10.5 Å². The molecule has 0 spiro atoms. The third kappa shape index (κ3) is 2.87. The van der Waals surface area contributed by atoms with Crippen LogP contribution in [0, 0.1) is 0 Å². The molecule has 6 nitrogen and oxygen atoms in total. The highest BCUT2D eigenvalue weighted by atomic mass is 32.2. The second kappa shape index (κ2) is 5.70. The van der Waals surface area contributed by atoms with Crippen LogP contribution in [0.2, 0.25) is 0 Å². The van der Waals surface area contributed by atoms with E-state index in [1.807, 2.05) is 0 Å². The Morgan fingerprint density at radius 1 is 1.50 bits per heavy atom. The first kappa shape index (κ1) is 14.6. The van der Waals surface area contributed by atoms with Crippen molar-refractivity contribution in [1.82, 2.24) is 5.32 Å². The van der Waals surface area contributed by atoms with Crippen LogP contribution in [0.5, 0.6) is 5.75 Å². The summed E-state index contributed by atoms with van der Waals surface area (Å²) in [5, 5.41) is 2.14. The van der Waals surface area contributed by atoms with Gasteiger partial charge in [-0.1, -0.05) is 6.07 Å². The van der Waals surface area contributed by atoms with Gasteiger partial charge in [0.05, 0.1) is 18.1 Å². The lowest BCUT2D eigenvalue weighted by Crippen LogP contribution is -2.35. The highest BCUT2D eigenvalue weighted by molar-refractivity contribution is 7.92. The minimum absolute atomic E-state index is 0.110. The maximum atomic E-state index is 12.1. The average Bonchev–Trinajstić information content (AvgIpc) is 2.74. The van der Waals surface area contributed by atoms with E-state index in [9.17, 15) is 13.2 Å². The number of methoxy groups -OCH3 is 1. The Hall–Kier alpha value is -1.76. The Balaban J connectivity index is 2.10. The van der Waals surface area contributed by atoms with Gasteiger partial charge in [0.2, 0.25) is 0 Å². The monoisotopic (exact) mass is 298 g/mol. The number of nitrogens with one attached hydrogen (secondary N) is 1. The minimum Gasteiger partial charge on any atom is -0.496 e. The van der Waals surface area contributed by atoms with Gasteiger partial charge in [0.15, 0.2) is 9.84 Å². The van der Waals surface area contributed by atoms with Crippen LogP contribution in [-0.4, -0.2) is 39.0 Å². The predicted octanol–water partition coefficient (Wildman–Crippen LogP) is 0.584. The van der Waals surface area contributed by atoms with Crippen molar-refractivity contribution in [3.05, 3.63) is 23.8 Å². The molecule has 1 aromatic rings. The second-order valence-electron chi connectivity index (χ2n) is 4.77. The van der Waals surface area contributed by atoms with Gasteiger partial charge >= 0.3 is 0 Å². The fourth-order valence-corrected chi connectivity index (χ4v) is 4.11. The third-order valence-corrected chi connectivity index (χ3v) is 5.73. The molecule has 1 atom stereocenters. The van der Waals surface area contributed by atoms with E-state index in [1.165, 1.54) is 7.11 Å². The van der Waals surface area contributed by atoms with Crippen molar-refractivity contribution in [1.29, 1.82) is 0 Å². The first-order chi connectivity index (χ1) is 9.45. The number of carbonyl (C=O) groups is 1. The molecule has 1 aromatic carbocycles. The van der Waals surface area contributed by atoms with Crippen molar-refractivity contribution in [2.24, 2.45) is 0 Å². The molecule has 3 N–H and O–H groups in total. The van der Waals surface area contributed by atoms with Gasteiger partial charge in [-0.2, -0.15) is 0 Å². The van der Waals surface area contributed by atoms with Gasteiger partial charge in [-0.25, -0.2) is 8.42 Å². The molecule has 1 amide bonds. The lowest BCUT2D eigenvalue weighted by atomic mass is 10.1. The molecule has 1 unspecified atom stereocenters. The molecule has 0 bridgehead atoms. The number of hydrogen-bond acceptors (Lipinski definition) is 5. The molecule has 1 heterocycles. The fraction of sp³-hybridized carbons (Fsp3) is 0.462. The van der Waals surface area contributed by atoms with Crippen LogP contribution in [0.3, 0.4) is 0 Å². The summed E-state index contributed by atoms with van der Waals surface area (Å²) < 4.78 is 28.5. The van der Waals surface area contributed by atoms with Crippen molar-refractivity contribution in [2.75, 3.05) is 25.1 Å². The Kier molecular flexibility index (Phi) is 4.17. The van der Waals surface area contributed by atoms with Crippen molar-refractivity contribution in [3.8, 4) is 5.75 Å². The molecule has 0 aliphatic carbocycles. The summed E-state index contributed by atoms with van der Waals surface area (Å²) in [6.07, 6.45) is 1.24. The predicted molar refractivity (Wildman–Crippen MR) is 76.5 cm³/mol. The maximum Gasteiger partial charge on any atom is 0.257 e. The van der Waals surface area contributed by atoms with Gasteiger partial charge in [0.1, 0.15) is 11.3 Å². The van der Waals surface area contributed by atoms with Crippen LogP contribution in [0.25, 0.3) is 0 Å². The quantitative estimate of drug-likeness (QED) is 0.792. The van der Waals surface area contributed by atoms with E-state index >= 15 is 0 Å². The molecule has 0 saturated carbocycles. The normalized spacial score (nSPS) is 20.6. The van der Waals surface area contributed by atoms with E-state index in [0.717, 1.165) is 0 Å². The zero-order chi connectivity index (χ0) is 14.8. The molecule has 2 rings (SSSR count). The fourth-order valence-electron chi connectivity index (χ4n) is 2.34. The highest BCUT2D eigenvalue weighted by Crippen LogP contribution is 2.24. The van der Waals surface area contributed by atoms with E-state index in [-0.39, 0.29) is 17.9 Å². The zero-order valence-corrected chi connectivity index (χ0v) is 12.1. The Bertz CT molecular complexity index is 613. The third-order valence-electron chi connectivity index (χ3n) is 3.46. The Morgan fingerprint density at radius 3 is 2.85 bits per heavy atom. The molecular formula is C13H18N2O4S. The van der Waals surface area contributed by atoms with Crippen molar-refractivity contribution in [3.63, 3.8) is 0 Å². The smallest absolute Gasteiger partial charge is 0.257 e. The summed E-state index contributed by atoms with van der Waals surface area (Å²) in [6, 6.07) is 4.92. The van der Waals surface area contributed by atoms with Crippen LogP contribution in [-0.2, 0) is 9.84 Å². The largest absolute Gasteiger partial charge is 0.496 e. The van der Waals surface area contributed by atoms with Gasteiger partial charge in [-0.05, 0) is 25.0 Å². The van der Waals surface area contributed by atoms with Crippen LogP contribution in [0.15, 0.2) is 18.2 Å². The first-order valence-electron chi connectivity index (χ1n) is 6.38. The molecule has 0 aromatic heterocycles. The molecule has 1 saturated heterocycles. The van der Waals surface area contributed by atoms with Crippen LogP contribution >= 0.6 is 0 Å². The number of benzene rings is 1. The second-order valence-corrected chi connectivity index (χ2v) is 7.17. The average molecular weight is 298 g/mol. The van der Waals surface area contributed by atoms with Gasteiger partial charge in [-0.15, -0.1) is 0 Å². The van der Waals surface area contributed by atoms with Crippen LogP contribution < -0.4 is 15.8 Å². The van der Waals surface area contributed by atoms with Crippen molar-refractivity contribution in [2.45, 2.75) is 18.1 Å². The number of hydrogen-bond donors (Lipinski definition) is 2. The van der Waals surface area contributed by atoms with Gasteiger partial charge in [0.25, 0.3) is 5.91 Å². The van der Waals surface area contributed by atoms with Gasteiger partial charge in [-0.3, -0.25) is 4.79 Å². The van der Waals surface area contributed by atoms with Crippen molar-refractivity contribution < 1.29 is 17.9 Å². The van der Waals surface area contributed by atoms with E-state index in [1.54, 1.807) is 18.2 Å². The summed E-state index contributed by atoms with van der Waals surface area (Å²) in [6.45, 7) is 0.110. The number of amides is 1. The summed E-state index contributed by atoms with van der Waals surface area (Å²) in [7, 11) is -1.62. The topological polar surface area (TPSA) is 98.5 Å². The zero-order valence-electron chi connectivity index (χ0n) is 11.3. The summed E-state index contributed by atoms with van der Waals surface area (Å²) in [5.41, 5.74) is 6.32. The number of rotatable bonds is 4. The summed E-state index contributed by atoms with van der Waals surface area (Å²) in [5.74, 6) is 0.156. The lowest BCUT2D eigenvalue weighted by Gasteiger charge is -2.14. The Morgan fingerprint density at radius 2 is 2.25 bits per heavy atom. The molecule has 110 valence electrons. The minimum atomic E-state index is -3.07. The lowest BCUT2D eigenvalue weighted by molar-refractivity contribution is 0.0951. The molecule has 7 heteroatoms. The molecule has 0 radical (unpaired) electrons. The summed E-state index contributed by atoms with van der Waals surface area (Å²) in [4.78, 5) is 12.1. The molecular weight excluding hydrogens is 280 g/mol. The SMILES string of the molecule is COc1cccc(N)c1C(=O)NCC1CCCS1(=O)=O. The number of sulfone groups is 1. The number of ether oxygens (including phenoxy) is 1. The standard InChI is InChI=1S/C13H18N2O4S/c1-19-11-6-2-5-10(14)12(11)13(16)15-8-9-4-3-7-20(9,17)18/h2,5-6,9H,3-4,7-8,14H2,1H3,(H,15,16). The van der Waals surface area contributed by atoms with E-state index < -0.39 is 21.0 Å². The van der Waals surface area contributed by atoms with E-state index in [2.05, 4.69) is 5.32 Å². The first-order valence-corrected chi connectivity index (χ1v) is 8.09. The number of anilines is 1. The molecule has 1 aliphatic rings. The van der Waals surface area contributed by atoms with Gasteiger partial charge in [0, 0.05) is 12.2 Å². The van der Waals surface area contributed by atoms with Crippen LogP contribution in [0.4, 0.5) is 5.69 Å². The van der Waals surface area contributed by atoms with Crippen molar-refractivity contribution >= 4 is 21.4 Å². The molecule has 1 fully saturated rings. The number of carbonyl (C=O) groups excluding carboxylic acids is 1. The Labute approximate surface area is 118 Å².